The van der Waals surface area contributed by atoms with Crippen molar-refractivity contribution in [2.45, 2.75) is 11.8 Å². The number of hydrogen-bond acceptors (Lipinski definition) is 3. The molecule has 1 aromatic carbocycles. The van der Waals surface area contributed by atoms with E-state index in [1.54, 1.807) is 30.1 Å². The van der Waals surface area contributed by atoms with Gasteiger partial charge in [0.05, 0.1) is 12.0 Å². The molecule has 1 aliphatic heterocycles. The number of aliphatic imine (C=N–C) groups is 1. The molecule has 108 valence electrons. The number of hydrogen-bond donors (Lipinski definition) is 0. The number of rotatable bonds is 2. The van der Waals surface area contributed by atoms with Crippen molar-refractivity contribution in [3.05, 3.63) is 60.0 Å². The molecule has 1 aliphatic carbocycles. The minimum atomic E-state index is -0.228. The van der Waals surface area contributed by atoms with Crippen LogP contribution in [0, 0.1) is 11.7 Å². The molecule has 2 atom stereocenters. The fourth-order valence-corrected chi connectivity index (χ4v) is 3.37. The Balaban J connectivity index is 1.77. The van der Waals surface area contributed by atoms with Crippen molar-refractivity contribution in [3.8, 4) is 0 Å². The van der Waals surface area contributed by atoms with E-state index in [4.69, 9.17) is 0 Å². The first-order chi connectivity index (χ1) is 10.2. The van der Waals surface area contributed by atoms with E-state index in [0.29, 0.717) is 16.5 Å². The Hall–Kier alpha value is -1.88. The van der Waals surface area contributed by atoms with E-state index in [1.807, 2.05) is 24.3 Å². The zero-order valence-electron chi connectivity index (χ0n) is 11.6. The van der Waals surface area contributed by atoms with Crippen LogP contribution in [0.5, 0.6) is 0 Å². The van der Waals surface area contributed by atoms with Gasteiger partial charge in [0.25, 0.3) is 0 Å². The van der Waals surface area contributed by atoms with Crippen molar-refractivity contribution in [2.24, 2.45) is 10.9 Å². The maximum Gasteiger partial charge on any atom is 0.237 e. The first-order valence-corrected chi connectivity index (χ1v) is 7.72. The Morgan fingerprint density at radius 2 is 2.05 bits per heavy atom. The number of carbonyl (C=O) groups is 1. The molecule has 3 nitrogen and oxygen atoms in total. The van der Waals surface area contributed by atoms with Gasteiger partial charge in [-0.15, -0.1) is 0 Å². The van der Waals surface area contributed by atoms with Gasteiger partial charge in [-0.1, -0.05) is 54.3 Å². The summed E-state index contributed by atoms with van der Waals surface area (Å²) in [6.07, 6.45) is 7.59. The SMILES string of the molecule is CN1C(=O)[C@@H]2C=CC=C[C@@H]2N=C1SCc1ccccc1F. The van der Waals surface area contributed by atoms with E-state index in [1.165, 1.54) is 17.8 Å². The van der Waals surface area contributed by atoms with Crippen LogP contribution >= 0.6 is 11.8 Å². The van der Waals surface area contributed by atoms with Gasteiger partial charge in [-0.3, -0.25) is 14.7 Å². The summed E-state index contributed by atoms with van der Waals surface area (Å²) in [4.78, 5) is 18.5. The summed E-state index contributed by atoms with van der Waals surface area (Å²) >= 11 is 1.39. The number of allylic oxidation sites excluding steroid dienone is 2. The topological polar surface area (TPSA) is 32.7 Å². The van der Waals surface area contributed by atoms with Crippen molar-refractivity contribution >= 4 is 22.8 Å². The lowest BCUT2D eigenvalue weighted by Crippen LogP contribution is -2.45. The molecule has 3 rings (SSSR count). The average Bonchev–Trinajstić information content (AvgIpc) is 2.51. The van der Waals surface area contributed by atoms with Gasteiger partial charge in [-0.2, -0.15) is 0 Å². The highest BCUT2D eigenvalue weighted by Crippen LogP contribution is 2.28. The zero-order valence-corrected chi connectivity index (χ0v) is 12.4. The van der Waals surface area contributed by atoms with Crippen LogP contribution in [0.3, 0.4) is 0 Å². The molecule has 0 saturated heterocycles. The van der Waals surface area contributed by atoms with E-state index >= 15 is 0 Å². The largest absolute Gasteiger partial charge is 0.294 e. The molecule has 0 N–H and O–H groups in total. The van der Waals surface area contributed by atoms with Crippen LogP contribution in [-0.2, 0) is 10.5 Å². The Morgan fingerprint density at radius 3 is 2.86 bits per heavy atom. The third-order valence-electron chi connectivity index (χ3n) is 3.58. The van der Waals surface area contributed by atoms with Gasteiger partial charge in [0.1, 0.15) is 5.82 Å². The molecule has 1 amide bonds. The Bertz CT molecular complexity index is 653. The van der Waals surface area contributed by atoms with Crippen LogP contribution in [0.2, 0.25) is 0 Å². The molecular weight excluding hydrogens is 287 g/mol. The third kappa shape index (κ3) is 2.78. The fourth-order valence-electron chi connectivity index (χ4n) is 2.37. The van der Waals surface area contributed by atoms with Crippen molar-refractivity contribution in [1.82, 2.24) is 4.90 Å². The van der Waals surface area contributed by atoms with E-state index in [0.717, 1.165) is 0 Å². The normalized spacial score (nSPS) is 24.0. The number of amidine groups is 1. The van der Waals surface area contributed by atoms with Gasteiger partial charge in [0.15, 0.2) is 5.17 Å². The van der Waals surface area contributed by atoms with Gasteiger partial charge in [-0.05, 0) is 11.6 Å². The second-order valence-electron chi connectivity index (χ2n) is 4.98. The van der Waals surface area contributed by atoms with Crippen molar-refractivity contribution in [1.29, 1.82) is 0 Å². The Labute approximate surface area is 127 Å². The highest BCUT2D eigenvalue weighted by molar-refractivity contribution is 8.13. The van der Waals surface area contributed by atoms with E-state index in [9.17, 15) is 9.18 Å². The van der Waals surface area contributed by atoms with Crippen LogP contribution in [0.15, 0.2) is 53.6 Å². The summed E-state index contributed by atoms with van der Waals surface area (Å²) in [5, 5.41) is 0.643. The van der Waals surface area contributed by atoms with Gasteiger partial charge < -0.3 is 0 Å². The number of fused-ring (bicyclic) bond motifs is 1. The lowest BCUT2D eigenvalue weighted by atomic mass is 9.93. The lowest BCUT2D eigenvalue weighted by molar-refractivity contribution is -0.129. The predicted molar refractivity (Wildman–Crippen MR) is 83.5 cm³/mol. The van der Waals surface area contributed by atoms with Crippen molar-refractivity contribution < 1.29 is 9.18 Å². The second-order valence-corrected chi connectivity index (χ2v) is 5.92. The minimum Gasteiger partial charge on any atom is -0.294 e. The van der Waals surface area contributed by atoms with E-state index < -0.39 is 0 Å². The average molecular weight is 302 g/mol. The molecule has 2 aliphatic rings. The van der Waals surface area contributed by atoms with Crippen LogP contribution in [0.1, 0.15) is 5.56 Å². The molecule has 0 spiro atoms. The molecule has 0 bridgehead atoms. The zero-order chi connectivity index (χ0) is 14.8. The first kappa shape index (κ1) is 14.1. The van der Waals surface area contributed by atoms with Crippen LogP contribution < -0.4 is 0 Å². The monoisotopic (exact) mass is 302 g/mol. The smallest absolute Gasteiger partial charge is 0.237 e. The second kappa shape index (κ2) is 5.85. The Kier molecular flexibility index (Phi) is 3.92. The number of amides is 1. The molecule has 0 aromatic heterocycles. The molecule has 0 fully saturated rings. The van der Waals surface area contributed by atoms with Crippen LogP contribution in [-0.4, -0.2) is 29.1 Å². The minimum absolute atomic E-state index is 0.0339. The maximum absolute atomic E-state index is 13.6. The molecule has 5 heteroatoms. The van der Waals surface area contributed by atoms with E-state index in [2.05, 4.69) is 4.99 Å². The Morgan fingerprint density at radius 1 is 1.29 bits per heavy atom. The number of carbonyl (C=O) groups excluding carboxylic acids is 1. The lowest BCUT2D eigenvalue weighted by Gasteiger charge is -2.32. The fraction of sp³-hybridized carbons (Fsp3) is 0.250. The predicted octanol–water partition coefficient (Wildman–Crippen LogP) is 3.00. The maximum atomic E-state index is 13.6. The molecule has 0 unspecified atom stereocenters. The number of thioether (sulfide) groups is 1. The highest BCUT2D eigenvalue weighted by Gasteiger charge is 2.34. The van der Waals surface area contributed by atoms with E-state index in [-0.39, 0.29) is 23.7 Å². The van der Waals surface area contributed by atoms with Crippen molar-refractivity contribution in [3.63, 3.8) is 0 Å². The quantitative estimate of drug-likeness (QED) is 0.841. The first-order valence-electron chi connectivity index (χ1n) is 6.73. The standard InChI is InChI=1S/C16H15FN2OS/c1-19-15(20)12-7-3-5-9-14(12)18-16(19)21-10-11-6-2-4-8-13(11)17/h2-9,12,14H,10H2,1H3/t12-,14+/m1/s1. The molecular formula is C16H15FN2OS. The van der Waals surface area contributed by atoms with Crippen molar-refractivity contribution in [2.75, 3.05) is 7.05 Å². The summed E-state index contributed by atoms with van der Waals surface area (Å²) in [5.74, 6) is 0.0540. The highest BCUT2D eigenvalue weighted by atomic mass is 32.2. The van der Waals surface area contributed by atoms with Crippen LogP contribution in [0.25, 0.3) is 0 Å². The summed E-state index contributed by atoms with van der Waals surface area (Å²) in [5.41, 5.74) is 0.618. The molecule has 21 heavy (non-hydrogen) atoms. The molecule has 0 radical (unpaired) electrons. The van der Waals surface area contributed by atoms with Gasteiger partial charge in [0.2, 0.25) is 5.91 Å². The van der Waals surface area contributed by atoms with Gasteiger partial charge in [-0.25, -0.2) is 4.39 Å². The van der Waals surface area contributed by atoms with Crippen LogP contribution in [0.4, 0.5) is 4.39 Å². The number of nitrogens with zero attached hydrogens (tertiary/aromatic N) is 2. The summed E-state index contributed by atoms with van der Waals surface area (Å²) in [6, 6.07) is 6.53. The summed E-state index contributed by atoms with van der Waals surface area (Å²) in [7, 11) is 1.72. The number of halogens is 1. The summed E-state index contributed by atoms with van der Waals surface area (Å²) < 4.78 is 13.6. The third-order valence-corrected chi connectivity index (χ3v) is 4.68. The molecule has 0 saturated carbocycles. The molecule has 1 aromatic rings. The molecule has 1 heterocycles. The number of benzene rings is 1. The van der Waals surface area contributed by atoms with Gasteiger partial charge >= 0.3 is 0 Å². The van der Waals surface area contributed by atoms with Gasteiger partial charge in [0, 0.05) is 12.8 Å². The summed E-state index contributed by atoms with van der Waals surface area (Å²) in [6.45, 7) is 0.